The lowest BCUT2D eigenvalue weighted by molar-refractivity contribution is -0.0693. The molecule has 0 aromatic heterocycles. The summed E-state index contributed by atoms with van der Waals surface area (Å²) in [5, 5.41) is -0.498. The second-order valence-electron chi connectivity index (χ2n) is 1.62. The Hall–Kier alpha value is 0.540. The molecule has 3 heteroatoms. The molecule has 0 amide bonds. The monoisotopic (exact) mass is 140 g/mol. The number of hydrogen-bond donors (Lipinski definition) is 0. The van der Waals surface area contributed by atoms with E-state index in [1.165, 1.54) is 0 Å². The zero-order valence-electron chi connectivity index (χ0n) is 3.79. The van der Waals surface area contributed by atoms with Crippen LogP contribution in [0.1, 0.15) is 6.42 Å². The first kappa shape index (κ1) is 5.67. The van der Waals surface area contributed by atoms with Crippen molar-refractivity contribution in [3.05, 3.63) is 0 Å². The molecule has 0 N–H and O–H groups in total. The van der Waals surface area contributed by atoms with Crippen LogP contribution in [0.5, 0.6) is 0 Å². The van der Waals surface area contributed by atoms with Crippen molar-refractivity contribution in [1.82, 2.24) is 0 Å². The van der Waals surface area contributed by atoms with Crippen LogP contribution in [0.4, 0.5) is 0 Å². The smallest absolute Gasteiger partial charge is 0.157 e. The third-order valence-corrected chi connectivity index (χ3v) is 2.04. The van der Waals surface area contributed by atoms with Gasteiger partial charge in [-0.1, -0.05) is 11.6 Å². The van der Waals surface area contributed by atoms with Gasteiger partial charge in [0, 0.05) is 6.42 Å². The van der Waals surface area contributed by atoms with Gasteiger partial charge in [-0.15, -0.1) is 11.6 Å². The van der Waals surface area contributed by atoms with Crippen molar-refractivity contribution in [1.29, 1.82) is 0 Å². The predicted octanol–water partition coefficient (Wildman–Crippen LogP) is 1.58. The van der Waals surface area contributed by atoms with Crippen molar-refractivity contribution in [2.75, 3.05) is 12.5 Å². The Bertz CT molecular complexity index is 64.6. The van der Waals surface area contributed by atoms with E-state index in [-0.39, 0.29) is 0 Å². The normalized spacial score (nSPS) is 40.3. The van der Waals surface area contributed by atoms with Gasteiger partial charge in [-0.05, 0) is 0 Å². The molecule has 0 aromatic rings. The van der Waals surface area contributed by atoms with Gasteiger partial charge in [0.25, 0.3) is 0 Å². The summed E-state index contributed by atoms with van der Waals surface area (Å²) >= 11 is 11.0. The zero-order valence-corrected chi connectivity index (χ0v) is 5.30. The highest BCUT2D eigenvalue weighted by Crippen LogP contribution is 2.31. The number of alkyl halides is 2. The van der Waals surface area contributed by atoms with Gasteiger partial charge >= 0.3 is 0 Å². The molecular formula is C4H6Cl2O. The molecule has 1 aliphatic heterocycles. The van der Waals surface area contributed by atoms with Crippen LogP contribution in [0.25, 0.3) is 0 Å². The molecule has 0 aliphatic carbocycles. The molecule has 1 saturated heterocycles. The maximum atomic E-state index is 5.64. The molecule has 1 atom stereocenters. The zero-order chi connectivity index (χ0) is 5.33. The molecule has 42 valence electrons. The summed E-state index contributed by atoms with van der Waals surface area (Å²) in [5.74, 6) is 0.397. The second-order valence-corrected chi connectivity index (χ2v) is 2.57. The SMILES string of the molecule is ClCC1(Cl)CCO1. The lowest BCUT2D eigenvalue weighted by atomic mass is 10.2. The minimum absolute atomic E-state index is 0.397. The molecule has 0 bridgehead atoms. The van der Waals surface area contributed by atoms with Gasteiger partial charge < -0.3 is 4.74 Å². The molecule has 1 nitrogen and oxygen atoms in total. The first-order chi connectivity index (χ1) is 3.27. The minimum atomic E-state index is -0.498. The van der Waals surface area contributed by atoms with Crippen LogP contribution in [0.3, 0.4) is 0 Å². The highest BCUT2D eigenvalue weighted by molar-refractivity contribution is 6.30. The third-order valence-electron chi connectivity index (χ3n) is 1.04. The van der Waals surface area contributed by atoms with Crippen LogP contribution in [-0.4, -0.2) is 17.5 Å². The molecule has 0 radical (unpaired) electrons. The molecular weight excluding hydrogens is 135 g/mol. The molecule has 0 saturated carbocycles. The fourth-order valence-electron chi connectivity index (χ4n) is 0.429. The van der Waals surface area contributed by atoms with Crippen LogP contribution in [-0.2, 0) is 4.74 Å². The summed E-state index contributed by atoms with van der Waals surface area (Å²) in [6, 6.07) is 0. The van der Waals surface area contributed by atoms with E-state index in [1.807, 2.05) is 0 Å². The maximum absolute atomic E-state index is 5.64. The van der Waals surface area contributed by atoms with Gasteiger partial charge in [0.1, 0.15) is 0 Å². The van der Waals surface area contributed by atoms with E-state index in [1.54, 1.807) is 0 Å². The molecule has 1 heterocycles. The fraction of sp³-hybridized carbons (Fsp3) is 1.00. The summed E-state index contributed by atoms with van der Waals surface area (Å²) < 4.78 is 4.90. The number of rotatable bonds is 1. The van der Waals surface area contributed by atoms with E-state index >= 15 is 0 Å². The summed E-state index contributed by atoms with van der Waals surface area (Å²) in [6.07, 6.45) is 0.887. The van der Waals surface area contributed by atoms with E-state index in [0.29, 0.717) is 5.88 Å². The Morgan fingerprint density at radius 2 is 2.29 bits per heavy atom. The van der Waals surface area contributed by atoms with Crippen molar-refractivity contribution in [2.45, 2.75) is 11.5 Å². The van der Waals surface area contributed by atoms with Gasteiger partial charge in [-0.2, -0.15) is 0 Å². The standard InChI is InChI=1S/C4H6Cl2O/c5-3-4(6)1-2-7-4/h1-3H2. The van der Waals surface area contributed by atoms with Crippen molar-refractivity contribution in [3.8, 4) is 0 Å². The van der Waals surface area contributed by atoms with Gasteiger partial charge in [-0.3, -0.25) is 0 Å². The first-order valence-corrected chi connectivity index (χ1v) is 3.07. The summed E-state index contributed by atoms with van der Waals surface area (Å²) in [5.41, 5.74) is 0. The molecule has 1 unspecified atom stereocenters. The van der Waals surface area contributed by atoms with E-state index < -0.39 is 5.06 Å². The maximum Gasteiger partial charge on any atom is 0.157 e. The second kappa shape index (κ2) is 1.81. The lowest BCUT2D eigenvalue weighted by Gasteiger charge is -2.33. The average Bonchev–Trinajstić information content (AvgIpc) is 1.61. The Morgan fingerprint density at radius 1 is 1.71 bits per heavy atom. The topological polar surface area (TPSA) is 9.23 Å². The molecule has 1 aliphatic rings. The van der Waals surface area contributed by atoms with Crippen molar-refractivity contribution < 1.29 is 4.74 Å². The van der Waals surface area contributed by atoms with Crippen molar-refractivity contribution in [3.63, 3.8) is 0 Å². The van der Waals surface area contributed by atoms with E-state index in [0.717, 1.165) is 13.0 Å². The quantitative estimate of drug-likeness (QED) is 0.503. The Labute approximate surface area is 52.5 Å². The fourth-order valence-corrected chi connectivity index (χ4v) is 0.794. The summed E-state index contributed by atoms with van der Waals surface area (Å²) in [6.45, 7) is 0.760. The van der Waals surface area contributed by atoms with Gasteiger partial charge in [-0.25, -0.2) is 0 Å². The predicted molar refractivity (Wildman–Crippen MR) is 29.9 cm³/mol. The van der Waals surface area contributed by atoms with Gasteiger partial charge in [0.05, 0.1) is 12.5 Å². The number of hydrogen-bond acceptors (Lipinski definition) is 1. The minimum Gasteiger partial charge on any atom is -0.358 e. The van der Waals surface area contributed by atoms with Crippen LogP contribution in [0, 0.1) is 0 Å². The van der Waals surface area contributed by atoms with Crippen LogP contribution in [0.2, 0.25) is 0 Å². The van der Waals surface area contributed by atoms with Crippen LogP contribution in [0.15, 0.2) is 0 Å². The van der Waals surface area contributed by atoms with E-state index in [4.69, 9.17) is 27.9 Å². The van der Waals surface area contributed by atoms with Crippen LogP contribution < -0.4 is 0 Å². The highest BCUT2D eigenvalue weighted by atomic mass is 35.5. The van der Waals surface area contributed by atoms with E-state index in [2.05, 4.69) is 0 Å². The molecule has 0 spiro atoms. The van der Waals surface area contributed by atoms with Crippen LogP contribution >= 0.6 is 23.2 Å². The molecule has 7 heavy (non-hydrogen) atoms. The van der Waals surface area contributed by atoms with Crippen molar-refractivity contribution >= 4 is 23.2 Å². The number of halogens is 2. The largest absolute Gasteiger partial charge is 0.358 e. The number of ether oxygens (including phenoxy) is 1. The molecule has 0 aromatic carbocycles. The molecule has 1 rings (SSSR count). The van der Waals surface area contributed by atoms with E-state index in [9.17, 15) is 0 Å². The summed E-state index contributed by atoms with van der Waals surface area (Å²) in [7, 11) is 0. The Morgan fingerprint density at radius 3 is 2.29 bits per heavy atom. The van der Waals surface area contributed by atoms with Crippen molar-refractivity contribution in [2.24, 2.45) is 0 Å². The lowest BCUT2D eigenvalue weighted by Crippen LogP contribution is -2.39. The summed E-state index contributed by atoms with van der Waals surface area (Å²) in [4.78, 5) is 0. The first-order valence-electron chi connectivity index (χ1n) is 2.16. The van der Waals surface area contributed by atoms with Gasteiger partial charge in [0.2, 0.25) is 0 Å². The van der Waals surface area contributed by atoms with Gasteiger partial charge in [0.15, 0.2) is 5.06 Å². The average molecular weight is 141 g/mol. The Kier molecular flexibility index (Phi) is 1.46. The molecule has 1 fully saturated rings. The Balaban J connectivity index is 2.29. The highest BCUT2D eigenvalue weighted by Gasteiger charge is 2.34. The third kappa shape index (κ3) is 1.01.